The molecule has 1 fully saturated rings. The molecule has 1 aromatic rings. The smallest absolute Gasteiger partial charge is 0.236 e. The van der Waals surface area contributed by atoms with E-state index in [9.17, 15) is 4.79 Å². The van der Waals surface area contributed by atoms with Crippen LogP contribution in [0.15, 0.2) is 9.52 Å². The van der Waals surface area contributed by atoms with Crippen LogP contribution in [0.25, 0.3) is 0 Å². The summed E-state index contributed by atoms with van der Waals surface area (Å²) in [4.78, 5) is 24.7. The van der Waals surface area contributed by atoms with Crippen molar-refractivity contribution in [3.8, 4) is 0 Å². The predicted molar refractivity (Wildman–Crippen MR) is 125 cm³/mol. The summed E-state index contributed by atoms with van der Waals surface area (Å²) in [5, 5.41) is 10.8. The van der Waals surface area contributed by atoms with E-state index in [4.69, 9.17) is 4.52 Å². The summed E-state index contributed by atoms with van der Waals surface area (Å²) in [6, 6.07) is 0.332. The molecule has 2 rings (SSSR count). The highest BCUT2D eigenvalue weighted by molar-refractivity contribution is 14.0. The maximum absolute atomic E-state index is 11.9. The summed E-state index contributed by atoms with van der Waals surface area (Å²) in [5.74, 6) is 2.11. The van der Waals surface area contributed by atoms with E-state index in [2.05, 4.69) is 30.7 Å². The molecule has 0 aromatic carbocycles. The second-order valence-electron chi connectivity index (χ2n) is 8.44. The van der Waals surface area contributed by atoms with Crippen molar-refractivity contribution in [2.75, 3.05) is 40.3 Å². The fourth-order valence-corrected chi connectivity index (χ4v) is 2.85. The number of aromatic nitrogens is 2. The highest BCUT2D eigenvalue weighted by Crippen LogP contribution is 2.19. The van der Waals surface area contributed by atoms with Gasteiger partial charge in [-0.15, -0.1) is 24.0 Å². The summed E-state index contributed by atoms with van der Waals surface area (Å²) in [6.07, 6.45) is 1.95. The first kappa shape index (κ1) is 25.6. The van der Waals surface area contributed by atoms with Gasteiger partial charge in [-0.1, -0.05) is 25.9 Å². The Bertz CT molecular complexity index is 662. The van der Waals surface area contributed by atoms with E-state index >= 15 is 0 Å². The number of aliphatic imine (C=N–C) groups is 1. The molecule has 1 amide bonds. The highest BCUT2D eigenvalue weighted by Gasteiger charge is 2.23. The normalized spacial score (nSPS) is 16.3. The van der Waals surface area contributed by atoms with E-state index in [0.29, 0.717) is 30.8 Å². The van der Waals surface area contributed by atoms with E-state index in [1.807, 2.05) is 27.7 Å². The average molecular weight is 521 g/mol. The van der Waals surface area contributed by atoms with E-state index in [1.165, 1.54) is 0 Å². The quantitative estimate of drug-likeness (QED) is 0.333. The summed E-state index contributed by atoms with van der Waals surface area (Å²) < 4.78 is 5.32. The number of rotatable bonds is 6. The lowest BCUT2D eigenvalue weighted by Crippen LogP contribution is -2.50. The Kier molecular flexibility index (Phi) is 10.3. The molecule has 0 radical (unpaired) electrons. The SMILES string of the molecule is CCNC(=NCc1noc(C(C)(C)C)n1)NC1CCN(CC(=O)N(C)C)CC1.I. The van der Waals surface area contributed by atoms with Gasteiger partial charge in [0.2, 0.25) is 11.8 Å². The van der Waals surface area contributed by atoms with Crippen molar-refractivity contribution in [3.63, 3.8) is 0 Å². The highest BCUT2D eigenvalue weighted by atomic mass is 127. The minimum absolute atomic E-state index is 0. The molecule has 0 saturated carbocycles. The number of likely N-dealkylation sites (N-methyl/N-ethyl adjacent to an activating group) is 1. The zero-order valence-corrected chi connectivity index (χ0v) is 20.8. The molecule has 29 heavy (non-hydrogen) atoms. The molecule has 0 unspecified atom stereocenters. The Hall–Kier alpha value is -1.43. The van der Waals surface area contributed by atoms with Crippen LogP contribution in [-0.4, -0.2) is 78.1 Å². The van der Waals surface area contributed by atoms with Crippen LogP contribution in [-0.2, 0) is 16.8 Å². The molecule has 0 spiro atoms. The standard InChI is InChI=1S/C19H35N7O2.HI/c1-7-20-18(21-12-15-23-17(28-24-15)19(2,3)4)22-14-8-10-26(11-9-14)13-16(27)25(5)6;/h14H,7-13H2,1-6H3,(H2,20,21,22);1H. The second-order valence-corrected chi connectivity index (χ2v) is 8.44. The number of nitrogens with one attached hydrogen (secondary N) is 2. The monoisotopic (exact) mass is 521 g/mol. The van der Waals surface area contributed by atoms with Gasteiger partial charge in [-0.25, -0.2) is 4.99 Å². The maximum atomic E-state index is 11.9. The van der Waals surface area contributed by atoms with Crippen molar-refractivity contribution in [3.05, 3.63) is 11.7 Å². The van der Waals surface area contributed by atoms with Crippen molar-refractivity contribution >= 4 is 35.8 Å². The van der Waals surface area contributed by atoms with Crippen molar-refractivity contribution in [1.29, 1.82) is 0 Å². The lowest BCUT2D eigenvalue weighted by Gasteiger charge is -2.33. The molecule has 1 aliphatic heterocycles. The minimum Gasteiger partial charge on any atom is -0.357 e. The Labute approximate surface area is 191 Å². The summed E-state index contributed by atoms with van der Waals surface area (Å²) >= 11 is 0. The third-order valence-corrected chi connectivity index (χ3v) is 4.62. The van der Waals surface area contributed by atoms with E-state index in [1.54, 1.807) is 19.0 Å². The number of halogens is 1. The first-order chi connectivity index (χ1) is 13.2. The largest absolute Gasteiger partial charge is 0.357 e. The molecule has 1 aromatic heterocycles. The number of amides is 1. The number of carbonyl (C=O) groups is 1. The van der Waals surface area contributed by atoms with Crippen LogP contribution in [0, 0.1) is 0 Å². The van der Waals surface area contributed by atoms with Crippen molar-refractivity contribution in [2.24, 2.45) is 4.99 Å². The van der Waals surface area contributed by atoms with Crippen LogP contribution >= 0.6 is 24.0 Å². The van der Waals surface area contributed by atoms with Gasteiger partial charge in [-0.3, -0.25) is 9.69 Å². The van der Waals surface area contributed by atoms with Crippen LogP contribution in [0.4, 0.5) is 0 Å². The average Bonchev–Trinajstić information content (AvgIpc) is 3.11. The topological polar surface area (TPSA) is 98.9 Å². The molecule has 0 atom stereocenters. The van der Waals surface area contributed by atoms with Crippen LogP contribution in [0.1, 0.15) is 52.3 Å². The second kappa shape index (κ2) is 11.7. The van der Waals surface area contributed by atoms with Gasteiger partial charge in [0.15, 0.2) is 11.8 Å². The Morgan fingerprint density at radius 1 is 1.31 bits per heavy atom. The van der Waals surface area contributed by atoms with Crippen LogP contribution < -0.4 is 10.6 Å². The lowest BCUT2D eigenvalue weighted by molar-refractivity contribution is -0.130. The van der Waals surface area contributed by atoms with Crippen molar-refractivity contribution < 1.29 is 9.32 Å². The molecule has 1 aliphatic rings. The van der Waals surface area contributed by atoms with Gasteiger partial charge < -0.3 is 20.1 Å². The van der Waals surface area contributed by atoms with Gasteiger partial charge in [-0.05, 0) is 19.8 Å². The molecular weight excluding hydrogens is 485 g/mol. The first-order valence-corrected chi connectivity index (χ1v) is 9.99. The summed E-state index contributed by atoms with van der Waals surface area (Å²) in [7, 11) is 3.59. The predicted octanol–water partition coefficient (Wildman–Crippen LogP) is 1.59. The zero-order valence-electron chi connectivity index (χ0n) is 18.5. The third kappa shape index (κ3) is 8.45. The molecule has 0 bridgehead atoms. The fourth-order valence-electron chi connectivity index (χ4n) is 2.85. The number of nitrogens with zero attached hydrogens (tertiary/aromatic N) is 5. The number of hydrogen-bond donors (Lipinski definition) is 2. The fraction of sp³-hybridized carbons (Fsp3) is 0.789. The molecule has 0 aliphatic carbocycles. The van der Waals surface area contributed by atoms with E-state index in [0.717, 1.165) is 38.4 Å². The number of likely N-dealkylation sites (tertiary alicyclic amines) is 1. The third-order valence-electron chi connectivity index (χ3n) is 4.62. The van der Waals surface area contributed by atoms with Crippen LogP contribution in [0.5, 0.6) is 0 Å². The van der Waals surface area contributed by atoms with Gasteiger partial charge in [0, 0.05) is 45.2 Å². The Morgan fingerprint density at radius 3 is 2.48 bits per heavy atom. The van der Waals surface area contributed by atoms with Crippen LogP contribution in [0.3, 0.4) is 0 Å². The van der Waals surface area contributed by atoms with E-state index < -0.39 is 0 Å². The van der Waals surface area contributed by atoms with E-state index in [-0.39, 0.29) is 35.3 Å². The van der Waals surface area contributed by atoms with Gasteiger partial charge >= 0.3 is 0 Å². The molecule has 1 saturated heterocycles. The number of guanidine groups is 1. The molecule has 2 heterocycles. The molecule has 9 nitrogen and oxygen atoms in total. The zero-order chi connectivity index (χ0) is 20.7. The van der Waals surface area contributed by atoms with Crippen molar-refractivity contribution in [2.45, 2.75) is 58.5 Å². The van der Waals surface area contributed by atoms with Gasteiger partial charge in [0.25, 0.3) is 0 Å². The number of piperidine rings is 1. The summed E-state index contributed by atoms with van der Waals surface area (Å²) in [5.41, 5.74) is -0.167. The maximum Gasteiger partial charge on any atom is 0.236 e. The molecule has 2 N–H and O–H groups in total. The molecular formula is C19H36IN7O2. The Balaban J connectivity index is 0.00000420. The van der Waals surface area contributed by atoms with Crippen molar-refractivity contribution in [1.82, 2.24) is 30.6 Å². The van der Waals surface area contributed by atoms with Gasteiger partial charge in [0.1, 0.15) is 6.54 Å². The lowest BCUT2D eigenvalue weighted by atomic mass is 9.97. The number of hydrogen-bond acceptors (Lipinski definition) is 6. The Morgan fingerprint density at radius 2 is 1.97 bits per heavy atom. The number of carbonyl (C=O) groups excluding carboxylic acids is 1. The molecule has 10 heteroatoms. The van der Waals surface area contributed by atoms with Gasteiger partial charge in [-0.2, -0.15) is 4.98 Å². The minimum atomic E-state index is -0.167. The first-order valence-electron chi connectivity index (χ1n) is 9.99. The van der Waals surface area contributed by atoms with Gasteiger partial charge in [0.05, 0.1) is 6.54 Å². The summed E-state index contributed by atoms with van der Waals surface area (Å²) in [6.45, 7) is 11.6. The molecule has 166 valence electrons. The van der Waals surface area contributed by atoms with Crippen LogP contribution in [0.2, 0.25) is 0 Å².